The van der Waals surface area contributed by atoms with Crippen molar-refractivity contribution in [2.45, 2.75) is 31.5 Å². The lowest BCUT2D eigenvalue weighted by Crippen LogP contribution is -2.43. The van der Waals surface area contributed by atoms with Gasteiger partial charge in [-0.25, -0.2) is 0 Å². The molecule has 0 aliphatic carbocycles. The van der Waals surface area contributed by atoms with E-state index >= 15 is 0 Å². The van der Waals surface area contributed by atoms with Gasteiger partial charge in [0.2, 0.25) is 0 Å². The topological polar surface area (TPSA) is 41.3 Å². The van der Waals surface area contributed by atoms with Crippen LogP contribution in [0.1, 0.15) is 35.8 Å². The zero-order chi connectivity index (χ0) is 17.6. The summed E-state index contributed by atoms with van der Waals surface area (Å²) >= 11 is 0. The SMILES string of the molecule is c1ccc([C@H](NC2CCN(Cc3cccnc3)CC2)c2ccco2)cc1. The molecule has 26 heavy (non-hydrogen) atoms. The molecule has 1 aromatic carbocycles. The van der Waals surface area contributed by atoms with E-state index in [-0.39, 0.29) is 6.04 Å². The second kappa shape index (κ2) is 8.30. The number of hydrogen-bond acceptors (Lipinski definition) is 4. The number of nitrogens with zero attached hydrogens (tertiary/aromatic N) is 2. The van der Waals surface area contributed by atoms with Crippen molar-refractivity contribution in [2.24, 2.45) is 0 Å². The number of rotatable bonds is 6. The van der Waals surface area contributed by atoms with Crippen LogP contribution in [-0.2, 0) is 6.54 Å². The minimum absolute atomic E-state index is 0.112. The van der Waals surface area contributed by atoms with E-state index < -0.39 is 0 Å². The Hall–Kier alpha value is -2.43. The summed E-state index contributed by atoms with van der Waals surface area (Å²) < 4.78 is 5.71. The van der Waals surface area contributed by atoms with Crippen molar-refractivity contribution >= 4 is 0 Å². The summed E-state index contributed by atoms with van der Waals surface area (Å²) in [6.07, 6.45) is 7.84. The highest BCUT2D eigenvalue weighted by atomic mass is 16.3. The highest BCUT2D eigenvalue weighted by Gasteiger charge is 2.24. The zero-order valence-electron chi connectivity index (χ0n) is 14.9. The number of aromatic nitrogens is 1. The second-order valence-electron chi connectivity index (χ2n) is 6.94. The van der Waals surface area contributed by atoms with Gasteiger partial charge in [-0.2, -0.15) is 0 Å². The molecular weight excluding hydrogens is 322 g/mol. The van der Waals surface area contributed by atoms with Crippen LogP contribution in [0, 0.1) is 0 Å². The molecule has 4 nitrogen and oxygen atoms in total. The molecule has 3 aromatic rings. The summed E-state index contributed by atoms with van der Waals surface area (Å²) in [6, 6.07) is 19.3. The monoisotopic (exact) mass is 347 g/mol. The lowest BCUT2D eigenvalue weighted by atomic mass is 9.99. The van der Waals surface area contributed by atoms with Crippen LogP contribution in [0.2, 0.25) is 0 Å². The number of hydrogen-bond donors (Lipinski definition) is 1. The number of pyridine rings is 1. The molecule has 1 saturated heterocycles. The molecule has 0 bridgehead atoms. The lowest BCUT2D eigenvalue weighted by molar-refractivity contribution is 0.184. The summed E-state index contributed by atoms with van der Waals surface area (Å²) in [5, 5.41) is 3.83. The highest BCUT2D eigenvalue weighted by molar-refractivity contribution is 5.26. The van der Waals surface area contributed by atoms with Crippen molar-refractivity contribution in [2.75, 3.05) is 13.1 Å². The molecule has 4 heteroatoms. The Morgan fingerprint density at radius 2 is 1.88 bits per heavy atom. The van der Waals surface area contributed by atoms with E-state index in [2.05, 4.69) is 57.7 Å². The van der Waals surface area contributed by atoms with Crippen molar-refractivity contribution in [3.8, 4) is 0 Å². The summed E-state index contributed by atoms with van der Waals surface area (Å²) in [7, 11) is 0. The minimum Gasteiger partial charge on any atom is -0.467 e. The summed E-state index contributed by atoms with van der Waals surface area (Å²) in [6.45, 7) is 3.19. The number of furan rings is 1. The van der Waals surface area contributed by atoms with Crippen LogP contribution in [0.4, 0.5) is 0 Å². The van der Waals surface area contributed by atoms with E-state index in [4.69, 9.17) is 4.42 Å². The van der Waals surface area contributed by atoms with Crippen molar-refractivity contribution < 1.29 is 4.42 Å². The first-order valence-corrected chi connectivity index (χ1v) is 9.34. The van der Waals surface area contributed by atoms with E-state index in [1.807, 2.05) is 24.5 Å². The predicted molar refractivity (Wildman–Crippen MR) is 103 cm³/mol. The Labute approximate surface area is 154 Å². The molecule has 0 saturated carbocycles. The van der Waals surface area contributed by atoms with Crippen LogP contribution < -0.4 is 5.32 Å². The molecule has 4 rings (SSSR count). The van der Waals surface area contributed by atoms with E-state index in [1.165, 1.54) is 11.1 Å². The fourth-order valence-corrected chi connectivity index (χ4v) is 3.69. The quantitative estimate of drug-likeness (QED) is 0.731. The summed E-state index contributed by atoms with van der Waals surface area (Å²) in [5.74, 6) is 0.981. The van der Waals surface area contributed by atoms with Gasteiger partial charge in [0.15, 0.2) is 0 Å². The molecule has 1 fully saturated rings. The number of likely N-dealkylation sites (tertiary alicyclic amines) is 1. The number of benzene rings is 1. The molecule has 1 aliphatic heterocycles. The van der Waals surface area contributed by atoms with Gasteiger partial charge in [0.25, 0.3) is 0 Å². The van der Waals surface area contributed by atoms with Gasteiger partial charge in [-0.3, -0.25) is 9.88 Å². The average Bonchev–Trinajstić information content (AvgIpc) is 3.23. The van der Waals surface area contributed by atoms with Crippen LogP contribution in [0.3, 0.4) is 0 Å². The molecule has 134 valence electrons. The van der Waals surface area contributed by atoms with E-state index in [9.17, 15) is 0 Å². The molecule has 1 aliphatic rings. The average molecular weight is 347 g/mol. The van der Waals surface area contributed by atoms with Gasteiger partial charge in [0.1, 0.15) is 5.76 Å². The van der Waals surface area contributed by atoms with Gasteiger partial charge >= 0.3 is 0 Å². The third-order valence-electron chi connectivity index (χ3n) is 5.08. The normalized spacial score (nSPS) is 17.2. The van der Waals surface area contributed by atoms with Crippen molar-refractivity contribution in [3.05, 3.63) is 90.1 Å². The third kappa shape index (κ3) is 4.21. The zero-order valence-corrected chi connectivity index (χ0v) is 14.9. The summed E-state index contributed by atoms with van der Waals surface area (Å²) in [5.41, 5.74) is 2.54. The maximum Gasteiger partial charge on any atom is 0.125 e. The third-order valence-corrected chi connectivity index (χ3v) is 5.08. The Morgan fingerprint density at radius 1 is 1.04 bits per heavy atom. The molecule has 1 N–H and O–H groups in total. The van der Waals surface area contributed by atoms with Crippen LogP contribution in [0.15, 0.2) is 77.7 Å². The van der Waals surface area contributed by atoms with Gasteiger partial charge in [-0.05, 0) is 55.3 Å². The van der Waals surface area contributed by atoms with Crippen molar-refractivity contribution in [3.63, 3.8) is 0 Å². The van der Waals surface area contributed by atoms with Gasteiger partial charge in [-0.15, -0.1) is 0 Å². The van der Waals surface area contributed by atoms with E-state index in [0.29, 0.717) is 6.04 Å². The van der Waals surface area contributed by atoms with Gasteiger partial charge in [0.05, 0.1) is 12.3 Å². The van der Waals surface area contributed by atoms with Crippen LogP contribution >= 0.6 is 0 Å². The van der Waals surface area contributed by atoms with Crippen molar-refractivity contribution in [1.29, 1.82) is 0 Å². The summed E-state index contributed by atoms with van der Waals surface area (Å²) in [4.78, 5) is 6.73. The second-order valence-corrected chi connectivity index (χ2v) is 6.94. The maximum absolute atomic E-state index is 5.71. The fourth-order valence-electron chi connectivity index (χ4n) is 3.69. The molecule has 0 spiro atoms. The number of nitrogens with one attached hydrogen (secondary N) is 1. The first-order valence-electron chi connectivity index (χ1n) is 9.34. The first-order chi connectivity index (χ1) is 12.9. The number of piperidine rings is 1. The Bertz CT molecular complexity index is 766. The molecule has 3 heterocycles. The van der Waals surface area contributed by atoms with E-state index in [1.54, 1.807) is 6.26 Å². The van der Waals surface area contributed by atoms with Crippen LogP contribution in [0.5, 0.6) is 0 Å². The molecule has 0 unspecified atom stereocenters. The Balaban J connectivity index is 1.37. The predicted octanol–water partition coefficient (Wildman–Crippen LogP) is 4.02. The Kier molecular flexibility index (Phi) is 5.43. The van der Waals surface area contributed by atoms with Gasteiger partial charge < -0.3 is 9.73 Å². The van der Waals surface area contributed by atoms with Crippen molar-refractivity contribution in [1.82, 2.24) is 15.2 Å². The van der Waals surface area contributed by atoms with Crippen LogP contribution in [-0.4, -0.2) is 29.0 Å². The van der Waals surface area contributed by atoms with Crippen LogP contribution in [0.25, 0.3) is 0 Å². The minimum atomic E-state index is 0.112. The molecule has 1 atom stereocenters. The molecular formula is C22H25N3O. The smallest absolute Gasteiger partial charge is 0.125 e. The van der Waals surface area contributed by atoms with Gasteiger partial charge in [-0.1, -0.05) is 36.4 Å². The maximum atomic E-state index is 5.71. The van der Waals surface area contributed by atoms with E-state index in [0.717, 1.165) is 38.2 Å². The standard InChI is InChI=1S/C22H25N3O/c1-2-7-19(8-3-1)22(21-9-5-15-26-21)24-20-10-13-25(14-11-20)17-18-6-4-12-23-16-18/h1-9,12,15-16,20,22,24H,10-11,13-14,17H2/t22-/m0/s1. The molecule has 2 aromatic heterocycles. The highest BCUT2D eigenvalue weighted by Crippen LogP contribution is 2.25. The lowest BCUT2D eigenvalue weighted by Gasteiger charge is -2.34. The Morgan fingerprint density at radius 3 is 2.58 bits per heavy atom. The first kappa shape index (κ1) is 17.0. The molecule has 0 radical (unpaired) electrons. The fraction of sp³-hybridized carbons (Fsp3) is 0.318. The molecule has 0 amide bonds. The van der Waals surface area contributed by atoms with Gasteiger partial charge in [0, 0.05) is 25.0 Å². The largest absolute Gasteiger partial charge is 0.467 e.